The van der Waals surface area contributed by atoms with Crippen LogP contribution in [0.5, 0.6) is 0 Å². The molecule has 0 amide bonds. The fourth-order valence-corrected chi connectivity index (χ4v) is 2.30. The van der Waals surface area contributed by atoms with Gasteiger partial charge in [0.05, 0.1) is 5.92 Å². The molecule has 1 aromatic heterocycles. The molecule has 1 aromatic carbocycles. The third kappa shape index (κ3) is 1.47. The Morgan fingerprint density at radius 2 is 1.82 bits per heavy atom. The summed E-state index contributed by atoms with van der Waals surface area (Å²) < 4.78 is 0. The highest BCUT2D eigenvalue weighted by atomic mass is 16.3. The number of aromatic amines is 1. The predicted molar refractivity (Wildman–Crippen MR) is 66.0 cm³/mol. The number of allylic oxidation sites excluding steroid dienone is 1. The Morgan fingerprint density at radius 1 is 1.06 bits per heavy atom. The third-order valence-electron chi connectivity index (χ3n) is 3.07. The fraction of sp³-hybridized carbons (Fsp3) is 0.0714. The van der Waals surface area contributed by atoms with E-state index >= 15 is 0 Å². The minimum absolute atomic E-state index is 0.158. The SMILES string of the molecule is O=c1[nH]cccc1C1C(O)=Cc2ccccc21. The van der Waals surface area contributed by atoms with Crippen LogP contribution in [-0.4, -0.2) is 10.1 Å². The van der Waals surface area contributed by atoms with E-state index in [1.807, 2.05) is 24.3 Å². The number of H-pyrrole nitrogens is 1. The summed E-state index contributed by atoms with van der Waals surface area (Å²) in [6.45, 7) is 0. The number of benzene rings is 1. The normalized spacial score (nSPS) is 17.6. The molecule has 3 nitrogen and oxygen atoms in total. The lowest BCUT2D eigenvalue weighted by molar-refractivity contribution is 0.391. The lowest BCUT2D eigenvalue weighted by Gasteiger charge is -2.12. The Labute approximate surface area is 98.1 Å². The van der Waals surface area contributed by atoms with Crippen molar-refractivity contribution in [1.29, 1.82) is 0 Å². The van der Waals surface area contributed by atoms with Crippen LogP contribution in [0.2, 0.25) is 0 Å². The highest BCUT2D eigenvalue weighted by Gasteiger charge is 2.27. The Hall–Kier alpha value is -2.29. The van der Waals surface area contributed by atoms with Crippen LogP contribution in [0.4, 0.5) is 0 Å². The van der Waals surface area contributed by atoms with Crippen LogP contribution < -0.4 is 5.56 Å². The number of hydrogen-bond acceptors (Lipinski definition) is 2. The van der Waals surface area contributed by atoms with Gasteiger partial charge in [-0.25, -0.2) is 0 Å². The fourth-order valence-electron chi connectivity index (χ4n) is 2.30. The van der Waals surface area contributed by atoms with Crippen molar-refractivity contribution in [3.8, 4) is 0 Å². The third-order valence-corrected chi connectivity index (χ3v) is 3.07. The van der Waals surface area contributed by atoms with E-state index in [1.165, 1.54) is 0 Å². The summed E-state index contributed by atoms with van der Waals surface area (Å²) in [7, 11) is 0. The van der Waals surface area contributed by atoms with E-state index < -0.39 is 0 Å². The van der Waals surface area contributed by atoms with Crippen molar-refractivity contribution in [2.24, 2.45) is 0 Å². The summed E-state index contributed by atoms with van der Waals surface area (Å²) >= 11 is 0. The number of hydrogen-bond donors (Lipinski definition) is 2. The molecular formula is C14H11NO2. The maximum atomic E-state index is 11.8. The molecule has 0 fully saturated rings. The van der Waals surface area contributed by atoms with Gasteiger partial charge in [0, 0.05) is 11.8 Å². The van der Waals surface area contributed by atoms with Gasteiger partial charge in [-0.05, 0) is 23.3 Å². The summed E-state index contributed by atoms with van der Waals surface area (Å²) in [5.41, 5.74) is 2.36. The first-order valence-electron chi connectivity index (χ1n) is 5.44. The van der Waals surface area contributed by atoms with Crippen molar-refractivity contribution in [2.75, 3.05) is 0 Å². The largest absolute Gasteiger partial charge is 0.511 e. The van der Waals surface area contributed by atoms with Crippen LogP contribution in [0.15, 0.2) is 53.1 Å². The number of nitrogens with one attached hydrogen (secondary N) is 1. The molecule has 0 spiro atoms. The van der Waals surface area contributed by atoms with Crippen LogP contribution in [0.3, 0.4) is 0 Å². The van der Waals surface area contributed by atoms with Crippen LogP contribution in [0.1, 0.15) is 22.6 Å². The molecule has 0 saturated carbocycles. The number of aliphatic hydroxyl groups is 1. The van der Waals surface area contributed by atoms with Crippen molar-refractivity contribution in [3.63, 3.8) is 0 Å². The van der Waals surface area contributed by atoms with Gasteiger partial charge >= 0.3 is 0 Å². The zero-order valence-corrected chi connectivity index (χ0v) is 9.05. The van der Waals surface area contributed by atoms with Gasteiger partial charge < -0.3 is 10.1 Å². The lowest BCUT2D eigenvalue weighted by Crippen LogP contribution is -2.16. The van der Waals surface area contributed by atoms with Crippen LogP contribution in [0, 0.1) is 0 Å². The second-order valence-corrected chi connectivity index (χ2v) is 4.09. The summed E-state index contributed by atoms with van der Waals surface area (Å²) in [6, 6.07) is 11.2. The van der Waals surface area contributed by atoms with E-state index in [1.54, 1.807) is 24.4 Å². The molecule has 1 heterocycles. The van der Waals surface area contributed by atoms with Gasteiger partial charge in [-0.2, -0.15) is 0 Å². The van der Waals surface area contributed by atoms with Gasteiger partial charge in [-0.1, -0.05) is 30.3 Å². The Kier molecular flexibility index (Phi) is 2.11. The van der Waals surface area contributed by atoms with E-state index in [0.717, 1.165) is 11.1 Å². The summed E-state index contributed by atoms with van der Waals surface area (Å²) in [4.78, 5) is 14.4. The number of aromatic nitrogens is 1. The van der Waals surface area contributed by atoms with Crippen LogP contribution in [0.25, 0.3) is 6.08 Å². The van der Waals surface area contributed by atoms with Gasteiger partial charge in [0.2, 0.25) is 0 Å². The number of rotatable bonds is 1. The molecular weight excluding hydrogens is 214 g/mol. The van der Waals surface area contributed by atoms with Crippen LogP contribution in [-0.2, 0) is 0 Å². The summed E-state index contributed by atoms with van der Waals surface area (Å²) in [6.07, 6.45) is 3.31. The maximum absolute atomic E-state index is 11.8. The molecule has 0 bridgehead atoms. The second-order valence-electron chi connectivity index (χ2n) is 4.09. The number of fused-ring (bicyclic) bond motifs is 1. The monoisotopic (exact) mass is 225 g/mol. The maximum Gasteiger partial charge on any atom is 0.252 e. The number of aliphatic hydroxyl groups excluding tert-OH is 1. The zero-order valence-electron chi connectivity index (χ0n) is 9.05. The highest BCUT2D eigenvalue weighted by molar-refractivity contribution is 5.67. The molecule has 3 rings (SSSR count). The first kappa shape index (κ1) is 9.90. The van der Waals surface area contributed by atoms with E-state index in [2.05, 4.69) is 4.98 Å². The topological polar surface area (TPSA) is 53.1 Å². The van der Waals surface area contributed by atoms with Crippen molar-refractivity contribution < 1.29 is 5.11 Å². The minimum Gasteiger partial charge on any atom is -0.511 e. The zero-order chi connectivity index (χ0) is 11.8. The smallest absolute Gasteiger partial charge is 0.252 e. The van der Waals surface area contributed by atoms with Gasteiger partial charge in [-0.3, -0.25) is 4.79 Å². The first-order valence-corrected chi connectivity index (χ1v) is 5.44. The minimum atomic E-state index is -0.337. The molecule has 0 radical (unpaired) electrons. The molecule has 2 N–H and O–H groups in total. The molecule has 1 unspecified atom stereocenters. The van der Waals surface area contributed by atoms with Gasteiger partial charge in [0.25, 0.3) is 5.56 Å². The highest BCUT2D eigenvalue weighted by Crippen LogP contribution is 2.37. The quantitative estimate of drug-likeness (QED) is 0.783. The lowest BCUT2D eigenvalue weighted by atomic mass is 9.93. The molecule has 84 valence electrons. The average Bonchev–Trinajstić information content (AvgIpc) is 2.66. The Morgan fingerprint density at radius 3 is 2.65 bits per heavy atom. The van der Waals surface area contributed by atoms with E-state index in [9.17, 15) is 9.90 Å². The predicted octanol–water partition coefficient (Wildman–Crippen LogP) is 2.42. The second kappa shape index (κ2) is 3.63. The standard InChI is InChI=1S/C14H11NO2/c16-12-8-9-4-1-2-5-10(9)13(12)11-6-3-7-15-14(11)17/h1-8,13,16H,(H,15,17). The molecule has 0 saturated heterocycles. The molecule has 1 aliphatic rings. The van der Waals surface area contributed by atoms with E-state index in [0.29, 0.717) is 5.56 Å². The molecule has 17 heavy (non-hydrogen) atoms. The van der Waals surface area contributed by atoms with E-state index in [-0.39, 0.29) is 17.2 Å². The van der Waals surface area contributed by atoms with Crippen molar-refractivity contribution in [2.45, 2.75) is 5.92 Å². The van der Waals surface area contributed by atoms with Gasteiger partial charge in [0.1, 0.15) is 5.76 Å². The van der Waals surface area contributed by atoms with Crippen molar-refractivity contribution in [3.05, 3.63) is 75.4 Å². The molecule has 1 aliphatic carbocycles. The van der Waals surface area contributed by atoms with Crippen LogP contribution >= 0.6 is 0 Å². The number of pyridine rings is 1. The summed E-state index contributed by atoms with van der Waals surface area (Å²) in [5.74, 6) is -0.112. The molecule has 2 aromatic rings. The molecule has 1 atom stereocenters. The van der Waals surface area contributed by atoms with Gasteiger partial charge in [-0.15, -0.1) is 0 Å². The van der Waals surface area contributed by atoms with Crippen molar-refractivity contribution in [1.82, 2.24) is 4.98 Å². The Balaban J connectivity index is 2.21. The van der Waals surface area contributed by atoms with Crippen molar-refractivity contribution >= 4 is 6.08 Å². The Bertz CT molecular complexity index is 655. The first-order chi connectivity index (χ1) is 8.27. The molecule has 0 aliphatic heterocycles. The summed E-state index contributed by atoms with van der Waals surface area (Å²) in [5, 5.41) is 10.00. The average molecular weight is 225 g/mol. The molecule has 3 heteroatoms. The van der Waals surface area contributed by atoms with Gasteiger partial charge in [0.15, 0.2) is 0 Å². The van der Waals surface area contributed by atoms with E-state index in [4.69, 9.17) is 0 Å².